The van der Waals surface area contributed by atoms with Crippen molar-refractivity contribution < 1.29 is 9.53 Å². The van der Waals surface area contributed by atoms with Crippen molar-refractivity contribution >= 4 is 22.7 Å². The summed E-state index contributed by atoms with van der Waals surface area (Å²) in [7, 11) is 1.37. The van der Waals surface area contributed by atoms with Gasteiger partial charge in [0.2, 0.25) is 0 Å². The number of nitrogens with zero attached hydrogens (tertiary/aromatic N) is 3. The molecule has 0 bridgehead atoms. The van der Waals surface area contributed by atoms with Gasteiger partial charge in [0.25, 0.3) is 0 Å². The van der Waals surface area contributed by atoms with Gasteiger partial charge in [0.15, 0.2) is 11.3 Å². The lowest BCUT2D eigenvalue weighted by atomic mass is 9.93. The molecule has 0 spiro atoms. The van der Waals surface area contributed by atoms with Crippen LogP contribution in [0.1, 0.15) is 35.4 Å². The number of hydrogen-bond acceptors (Lipinski definition) is 5. The average molecular weight is 412 g/mol. The molecule has 2 aromatic heterocycles. The van der Waals surface area contributed by atoms with E-state index in [2.05, 4.69) is 34.6 Å². The third-order valence-electron chi connectivity index (χ3n) is 5.88. The van der Waals surface area contributed by atoms with Crippen LogP contribution in [-0.4, -0.2) is 33.9 Å². The number of pyridine rings is 1. The van der Waals surface area contributed by atoms with Gasteiger partial charge in [-0.05, 0) is 67.6 Å². The summed E-state index contributed by atoms with van der Waals surface area (Å²) in [6, 6.07) is 20.5. The van der Waals surface area contributed by atoms with Crippen LogP contribution in [0.15, 0.2) is 60.7 Å². The van der Waals surface area contributed by atoms with E-state index < -0.39 is 5.97 Å². The SMILES string of the molecule is COC(=O)c1cc(-c2ccc(NC3CCC3)cc2)c2c(C)nn(-c3ccccc3)c2n1. The first kappa shape index (κ1) is 19.3. The van der Waals surface area contributed by atoms with Crippen LogP contribution in [-0.2, 0) is 4.74 Å². The molecule has 0 saturated heterocycles. The van der Waals surface area contributed by atoms with Gasteiger partial charge in [-0.25, -0.2) is 14.5 Å². The first-order valence-corrected chi connectivity index (χ1v) is 10.5. The van der Waals surface area contributed by atoms with Gasteiger partial charge in [-0.2, -0.15) is 5.10 Å². The lowest BCUT2D eigenvalue weighted by Gasteiger charge is -2.27. The van der Waals surface area contributed by atoms with Gasteiger partial charge in [0, 0.05) is 11.7 Å². The summed E-state index contributed by atoms with van der Waals surface area (Å²) in [6.07, 6.45) is 3.76. The summed E-state index contributed by atoms with van der Waals surface area (Å²) in [4.78, 5) is 17.0. The summed E-state index contributed by atoms with van der Waals surface area (Å²) in [5.41, 5.74) is 5.68. The van der Waals surface area contributed by atoms with Crippen LogP contribution in [0.4, 0.5) is 5.69 Å². The third-order valence-corrected chi connectivity index (χ3v) is 5.88. The standard InChI is InChI=1S/C25H24N4O2/c1-16-23-21(17-11-13-19(14-12-17)26-18-7-6-8-18)15-22(25(30)31-2)27-24(23)29(28-16)20-9-4-3-5-10-20/h3-5,9-15,18,26H,6-8H2,1-2H3. The number of para-hydroxylation sites is 1. The zero-order valence-electron chi connectivity index (χ0n) is 17.6. The number of hydrogen-bond donors (Lipinski definition) is 1. The highest BCUT2D eigenvalue weighted by molar-refractivity contribution is 6.00. The molecule has 2 heterocycles. The number of methoxy groups -OCH3 is 1. The molecule has 1 saturated carbocycles. The van der Waals surface area contributed by atoms with Crippen LogP contribution in [0.3, 0.4) is 0 Å². The molecule has 31 heavy (non-hydrogen) atoms. The maximum absolute atomic E-state index is 12.4. The number of anilines is 1. The first-order valence-electron chi connectivity index (χ1n) is 10.5. The number of aromatic nitrogens is 3. The molecule has 6 heteroatoms. The second-order valence-electron chi connectivity index (χ2n) is 7.93. The monoisotopic (exact) mass is 412 g/mol. The van der Waals surface area contributed by atoms with Crippen molar-refractivity contribution in [3.8, 4) is 16.8 Å². The number of fused-ring (bicyclic) bond motifs is 1. The molecule has 0 unspecified atom stereocenters. The normalized spacial score (nSPS) is 13.7. The van der Waals surface area contributed by atoms with Gasteiger partial charge in [0.05, 0.1) is 23.9 Å². The fraction of sp³-hybridized carbons (Fsp3) is 0.240. The van der Waals surface area contributed by atoms with E-state index in [1.807, 2.05) is 37.3 Å². The molecule has 0 radical (unpaired) electrons. The Kier molecular flexibility index (Phi) is 4.90. The first-order chi connectivity index (χ1) is 15.1. The maximum atomic E-state index is 12.4. The van der Waals surface area contributed by atoms with Crippen molar-refractivity contribution in [2.24, 2.45) is 0 Å². The van der Waals surface area contributed by atoms with Crippen molar-refractivity contribution in [1.82, 2.24) is 14.8 Å². The molecule has 1 N–H and O–H groups in total. The average Bonchev–Trinajstić information content (AvgIpc) is 3.12. The Morgan fingerprint density at radius 3 is 2.48 bits per heavy atom. The van der Waals surface area contributed by atoms with Crippen molar-refractivity contribution in [3.63, 3.8) is 0 Å². The van der Waals surface area contributed by atoms with E-state index in [0.29, 0.717) is 11.7 Å². The number of rotatable bonds is 5. The molecule has 5 rings (SSSR count). The quantitative estimate of drug-likeness (QED) is 0.459. The highest BCUT2D eigenvalue weighted by atomic mass is 16.5. The molecule has 156 valence electrons. The predicted molar refractivity (Wildman–Crippen MR) is 122 cm³/mol. The topological polar surface area (TPSA) is 69.0 Å². The van der Waals surface area contributed by atoms with E-state index in [1.165, 1.54) is 26.4 Å². The molecule has 0 atom stereocenters. The minimum atomic E-state index is -0.468. The number of carbonyl (C=O) groups is 1. The van der Waals surface area contributed by atoms with Crippen molar-refractivity contribution in [1.29, 1.82) is 0 Å². The van der Waals surface area contributed by atoms with Crippen LogP contribution < -0.4 is 5.32 Å². The van der Waals surface area contributed by atoms with E-state index in [4.69, 9.17) is 9.84 Å². The van der Waals surface area contributed by atoms with Crippen LogP contribution >= 0.6 is 0 Å². The summed E-state index contributed by atoms with van der Waals surface area (Å²) in [5.74, 6) is -0.468. The fourth-order valence-corrected chi connectivity index (χ4v) is 4.01. The Balaban J connectivity index is 1.66. The largest absolute Gasteiger partial charge is 0.464 e. The van der Waals surface area contributed by atoms with Crippen LogP contribution in [0, 0.1) is 6.92 Å². The van der Waals surface area contributed by atoms with Gasteiger partial charge in [-0.3, -0.25) is 0 Å². The summed E-state index contributed by atoms with van der Waals surface area (Å²) < 4.78 is 6.75. The van der Waals surface area contributed by atoms with Crippen molar-refractivity contribution in [2.75, 3.05) is 12.4 Å². The number of nitrogens with one attached hydrogen (secondary N) is 1. The highest BCUT2D eigenvalue weighted by Gasteiger charge is 2.21. The molecule has 1 aliphatic rings. The minimum absolute atomic E-state index is 0.263. The van der Waals surface area contributed by atoms with E-state index in [-0.39, 0.29) is 5.69 Å². The zero-order chi connectivity index (χ0) is 21.4. The summed E-state index contributed by atoms with van der Waals surface area (Å²) in [6.45, 7) is 1.97. The Morgan fingerprint density at radius 1 is 1.10 bits per heavy atom. The Morgan fingerprint density at radius 2 is 1.84 bits per heavy atom. The van der Waals surface area contributed by atoms with Gasteiger partial charge < -0.3 is 10.1 Å². The highest BCUT2D eigenvalue weighted by Crippen LogP contribution is 2.33. The fourth-order valence-electron chi connectivity index (χ4n) is 4.01. The predicted octanol–water partition coefficient (Wildman–Crippen LogP) is 5.15. The summed E-state index contributed by atoms with van der Waals surface area (Å²) in [5, 5.41) is 9.23. The molecule has 2 aromatic carbocycles. The Hall–Kier alpha value is -3.67. The molecule has 0 amide bonds. The van der Waals surface area contributed by atoms with E-state index in [1.54, 1.807) is 10.7 Å². The van der Waals surface area contributed by atoms with E-state index >= 15 is 0 Å². The van der Waals surface area contributed by atoms with Gasteiger partial charge >= 0.3 is 5.97 Å². The smallest absolute Gasteiger partial charge is 0.356 e. The van der Waals surface area contributed by atoms with E-state index in [9.17, 15) is 4.79 Å². The number of carbonyl (C=O) groups excluding carboxylic acids is 1. The van der Waals surface area contributed by atoms with Gasteiger partial charge in [-0.15, -0.1) is 0 Å². The molecule has 0 aliphatic heterocycles. The second-order valence-corrected chi connectivity index (χ2v) is 7.93. The van der Waals surface area contributed by atoms with Gasteiger partial charge in [-0.1, -0.05) is 30.3 Å². The maximum Gasteiger partial charge on any atom is 0.356 e. The van der Waals surface area contributed by atoms with Gasteiger partial charge in [0.1, 0.15) is 0 Å². The van der Waals surface area contributed by atoms with Crippen LogP contribution in [0.2, 0.25) is 0 Å². The second kappa shape index (κ2) is 7.87. The Bertz CT molecular complexity index is 1240. The number of ether oxygens (including phenoxy) is 1. The molecule has 4 aromatic rings. The summed E-state index contributed by atoms with van der Waals surface area (Å²) >= 11 is 0. The molecular weight excluding hydrogens is 388 g/mol. The van der Waals surface area contributed by atoms with Crippen molar-refractivity contribution in [2.45, 2.75) is 32.2 Å². The molecule has 1 aliphatic carbocycles. The lowest BCUT2D eigenvalue weighted by molar-refractivity contribution is 0.0594. The Labute approximate surface area is 180 Å². The minimum Gasteiger partial charge on any atom is -0.464 e. The van der Waals surface area contributed by atoms with Crippen LogP contribution in [0.25, 0.3) is 27.8 Å². The number of benzene rings is 2. The zero-order valence-corrected chi connectivity index (χ0v) is 17.6. The molecule has 1 fully saturated rings. The lowest BCUT2D eigenvalue weighted by Crippen LogP contribution is -2.26. The number of esters is 1. The van der Waals surface area contributed by atoms with Crippen LogP contribution in [0.5, 0.6) is 0 Å². The van der Waals surface area contributed by atoms with E-state index in [0.717, 1.165) is 33.6 Å². The number of aryl methyl sites for hydroxylation is 1. The van der Waals surface area contributed by atoms with Crippen molar-refractivity contribution in [3.05, 3.63) is 72.1 Å². The molecular formula is C25H24N4O2. The molecule has 6 nitrogen and oxygen atoms in total. The third kappa shape index (κ3) is 3.54.